The molecule has 0 saturated heterocycles. The lowest BCUT2D eigenvalue weighted by atomic mass is 10.1. The quantitative estimate of drug-likeness (QED) is 0.904. The second-order valence-corrected chi connectivity index (χ2v) is 7.08. The Kier molecular flexibility index (Phi) is 3.99. The zero-order chi connectivity index (χ0) is 13.4. The number of urea groups is 1. The van der Waals surface area contributed by atoms with Gasteiger partial charge in [0.05, 0.1) is 0 Å². The molecule has 1 aliphatic rings. The summed E-state index contributed by atoms with van der Waals surface area (Å²) in [6, 6.07) is 1.34. The number of nitrogens with two attached hydrogens (primary N) is 1. The standard InChI is InChI=1S/C11H13BrClN3OS/c1-5(2)4-16-8(10(14)15-11(16)17)7-3-6(12)9(13)18-7/h3,5,8H,4H2,1-2H3,(H2,14,15,17). The van der Waals surface area contributed by atoms with Gasteiger partial charge in [0.15, 0.2) is 0 Å². The first-order chi connectivity index (χ1) is 8.40. The first-order valence-electron chi connectivity index (χ1n) is 5.49. The fourth-order valence-electron chi connectivity index (χ4n) is 1.88. The monoisotopic (exact) mass is 349 g/mol. The van der Waals surface area contributed by atoms with E-state index in [9.17, 15) is 4.79 Å². The first kappa shape index (κ1) is 13.8. The molecule has 1 aromatic heterocycles. The summed E-state index contributed by atoms with van der Waals surface area (Å²) < 4.78 is 1.47. The van der Waals surface area contributed by atoms with Crippen molar-refractivity contribution in [2.75, 3.05) is 6.54 Å². The molecule has 4 nitrogen and oxygen atoms in total. The number of aliphatic imine (C=N–C) groups is 1. The third kappa shape index (κ3) is 2.55. The van der Waals surface area contributed by atoms with Crippen molar-refractivity contribution in [3.8, 4) is 0 Å². The zero-order valence-electron chi connectivity index (χ0n) is 9.98. The van der Waals surface area contributed by atoms with Crippen molar-refractivity contribution in [1.82, 2.24) is 4.90 Å². The highest BCUT2D eigenvalue weighted by molar-refractivity contribution is 9.10. The lowest BCUT2D eigenvalue weighted by Gasteiger charge is -2.24. The summed E-state index contributed by atoms with van der Waals surface area (Å²) in [5, 5.41) is 0. The minimum absolute atomic E-state index is 0.271. The molecular formula is C11H13BrClN3OS. The summed E-state index contributed by atoms with van der Waals surface area (Å²) in [5.74, 6) is 0.697. The van der Waals surface area contributed by atoms with Crippen LogP contribution in [0.3, 0.4) is 0 Å². The average Bonchev–Trinajstić information content (AvgIpc) is 2.69. The SMILES string of the molecule is CC(C)CN1C(=O)N=C(N)C1c1cc(Br)c(Cl)s1. The fourth-order valence-corrected chi connectivity index (χ4v) is 3.74. The molecule has 0 bridgehead atoms. The van der Waals surface area contributed by atoms with Crippen molar-refractivity contribution in [2.24, 2.45) is 16.6 Å². The van der Waals surface area contributed by atoms with E-state index in [0.717, 1.165) is 9.35 Å². The number of rotatable bonds is 3. The second kappa shape index (κ2) is 5.19. The molecule has 2 amide bonds. The maximum Gasteiger partial charge on any atom is 0.346 e. The van der Waals surface area contributed by atoms with E-state index >= 15 is 0 Å². The molecule has 1 aliphatic heterocycles. The van der Waals surface area contributed by atoms with Crippen molar-refractivity contribution >= 4 is 50.7 Å². The molecule has 0 fully saturated rings. The highest BCUT2D eigenvalue weighted by Crippen LogP contribution is 2.39. The predicted octanol–water partition coefficient (Wildman–Crippen LogP) is 3.65. The molecule has 1 atom stereocenters. The van der Waals surface area contributed by atoms with Gasteiger partial charge >= 0.3 is 6.03 Å². The van der Waals surface area contributed by atoms with Gasteiger partial charge < -0.3 is 10.6 Å². The maximum absolute atomic E-state index is 11.8. The van der Waals surface area contributed by atoms with Gasteiger partial charge in [-0.2, -0.15) is 4.99 Å². The van der Waals surface area contributed by atoms with Crippen LogP contribution in [0, 0.1) is 5.92 Å². The highest BCUT2D eigenvalue weighted by atomic mass is 79.9. The number of amides is 2. The minimum atomic E-state index is -0.284. The molecule has 0 aliphatic carbocycles. The number of carbonyl (C=O) groups excluding carboxylic acids is 1. The summed E-state index contributed by atoms with van der Waals surface area (Å²) in [7, 11) is 0. The number of thiophene rings is 1. The Hall–Kier alpha value is -0.590. The van der Waals surface area contributed by atoms with Gasteiger partial charge in [-0.25, -0.2) is 4.79 Å². The minimum Gasteiger partial charge on any atom is -0.385 e. The highest BCUT2D eigenvalue weighted by Gasteiger charge is 2.36. The van der Waals surface area contributed by atoms with E-state index in [4.69, 9.17) is 17.3 Å². The van der Waals surface area contributed by atoms with Gasteiger partial charge in [-0.1, -0.05) is 25.4 Å². The van der Waals surface area contributed by atoms with E-state index in [1.165, 1.54) is 11.3 Å². The Morgan fingerprint density at radius 2 is 2.33 bits per heavy atom. The number of carbonyl (C=O) groups is 1. The van der Waals surface area contributed by atoms with Gasteiger partial charge in [-0.15, -0.1) is 11.3 Å². The van der Waals surface area contributed by atoms with Crippen LogP contribution < -0.4 is 5.73 Å². The van der Waals surface area contributed by atoms with Gasteiger partial charge in [0.1, 0.15) is 16.2 Å². The number of hydrogen-bond acceptors (Lipinski definition) is 3. The Balaban J connectivity index is 2.33. The molecule has 2 heterocycles. The van der Waals surface area contributed by atoms with E-state index in [-0.39, 0.29) is 12.1 Å². The molecule has 0 spiro atoms. The van der Waals surface area contributed by atoms with Crippen LogP contribution in [0.5, 0.6) is 0 Å². The van der Waals surface area contributed by atoms with Crippen molar-refractivity contribution in [2.45, 2.75) is 19.9 Å². The lowest BCUT2D eigenvalue weighted by molar-refractivity contribution is 0.199. The summed E-state index contributed by atoms with van der Waals surface area (Å²) >= 11 is 10.8. The predicted molar refractivity (Wildman–Crippen MR) is 78.3 cm³/mol. The largest absolute Gasteiger partial charge is 0.385 e. The first-order valence-corrected chi connectivity index (χ1v) is 7.48. The Labute approximate surface area is 123 Å². The third-order valence-electron chi connectivity index (χ3n) is 2.56. The molecule has 0 radical (unpaired) electrons. The average molecular weight is 351 g/mol. The van der Waals surface area contributed by atoms with Crippen LogP contribution in [0.15, 0.2) is 15.5 Å². The molecule has 0 saturated carbocycles. The van der Waals surface area contributed by atoms with E-state index in [1.807, 2.05) is 6.07 Å². The Morgan fingerprint density at radius 3 is 2.83 bits per heavy atom. The summed E-state index contributed by atoms with van der Waals surface area (Å²) in [4.78, 5) is 18.3. The topological polar surface area (TPSA) is 58.7 Å². The van der Waals surface area contributed by atoms with Crippen molar-refractivity contribution in [3.05, 3.63) is 19.8 Å². The normalized spacial score (nSPS) is 19.8. The van der Waals surface area contributed by atoms with Crippen molar-refractivity contribution in [1.29, 1.82) is 0 Å². The van der Waals surface area contributed by atoms with Crippen LogP contribution in [0.4, 0.5) is 4.79 Å². The molecule has 2 N–H and O–H groups in total. The number of halogens is 2. The lowest BCUT2D eigenvalue weighted by Crippen LogP contribution is -2.35. The molecule has 2 rings (SSSR count). The van der Waals surface area contributed by atoms with Crippen LogP contribution in [0.2, 0.25) is 4.34 Å². The fraction of sp³-hybridized carbons (Fsp3) is 0.455. The second-order valence-electron chi connectivity index (χ2n) is 4.54. The van der Waals surface area contributed by atoms with Gasteiger partial charge in [-0.3, -0.25) is 0 Å². The molecule has 1 aromatic rings. The third-order valence-corrected chi connectivity index (χ3v) is 5.08. The molecule has 98 valence electrons. The molecule has 7 heteroatoms. The summed E-state index contributed by atoms with van der Waals surface area (Å²) in [6.45, 7) is 4.73. The summed E-state index contributed by atoms with van der Waals surface area (Å²) in [6.07, 6.45) is 0. The molecule has 0 aromatic carbocycles. The van der Waals surface area contributed by atoms with E-state index in [1.54, 1.807) is 4.90 Å². The van der Waals surface area contributed by atoms with E-state index in [0.29, 0.717) is 22.6 Å². The van der Waals surface area contributed by atoms with E-state index in [2.05, 4.69) is 34.8 Å². The number of nitrogens with zero attached hydrogens (tertiary/aromatic N) is 2. The van der Waals surface area contributed by atoms with Crippen molar-refractivity contribution in [3.63, 3.8) is 0 Å². The number of amidine groups is 1. The van der Waals surface area contributed by atoms with Gasteiger partial charge in [0.25, 0.3) is 0 Å². The van der Waals surface area contributed by atoms with Gasteiger partial charge in [0.2, 0.25) is 0 Å². The smallest absolute Gasteiger partial charge is 0.346 e. The summed E-state index contributed by atoms with van der Waals surface area (Å²) in [5.41, 5.74) is 5.86. The van der Waals surface area contributed by atoms with Crippen molar-refractivity contribution < 1.29 is 4.79 Å². The van der Waals surface area contributed by atoms with Gasteiger partial charge in [0, 0.05) is 15.9 Å². The van der Waals surface area contributed by atoms with Crippen LogP contribution in [0.1, 0.15) is 24.8 Å². The molecule has 1 unspecified atom stereocenters. The van der Waals surface area contributed by atoms with Gasteiger partial charge in [-0.05, 0) is 27.9 Å². The van der Waals surface area contributed by atoms with E-state index < -0.39 is 0 Å². The molecular weight excluding hydrogens is 338 g/mol. The number of hydrogen-bond donors (Lipinski definition) is 1. The van der Waals surface area contributed by atoms with Crippen LogP contribution in [-0.2, 0) is 0 Å². The molecule has 18 heavy (non-hydrogen) atoms. The van der Waals surface area contributed by atoms with Crippen LogP contribution in [0.25, 0.3) is 0 Å². The Morgan fingerprint density at radius 1 is 1.67 bits per heavy atom. The Bertz CT molecular complexity index is 495. The zero-order valence-corrected chi connectivity index (χ0v) is 13.1. The van der Waals surface area contributed by atoms with Crippen LogP contribution in [-0.4, -0.2) is 23.3 Å². The maximum atomic E-state index is 11.8. The van der Waals surface area contributed by atoms with Crippen LogP contribution >= 0.6 is 38.9 Å².